The third-order valence-electron chi connectivity index (χ3n) is 4.47. The molecule has 0 spiro atoms. The molecule has 0 unspecified atom stereocenters. The molecule has 3 aromatic carbocycles. The highest BCUT2D eigenvalue weighted by molar-refractivity contribution is 7.92. The van der Waals surface area contributed by atoms with E-state index in [1.807, 2.05) is 36.5 Å². The standard InChI is InChI=1S/C22H18N2O3S/c1-27-22-13-17(24-28(25,26)18-8-3-2-4-9-18)11-12-20(22)21-15-23-14-16-7-5-6-10-19(16)21/h2-15,24H,1H3. The first-order valence-electron chi connectivity index (χ1n) is 8.67. The maximum Gasteiger partial charge on any atom is 0.261 e. The number of anilines is 1. The van der Waals surface area contributed by atoms with E-state index in [4.69, 9.17) is 4.74 Å². The highest BCUT2D eigenvalue weighted by Crippen LogP contribution is 2.36. The highest BCUT2D eigenvalue weighted by Gasteiger charge is 2.16. The molecular weight excluding hydrogens is 372 g/mol. The van der Waals surface area contributed by atoms with Crippen LogP contribution in [0.4, 0.5) is 5.69 Å². The van der Waals surface area contributed by atoms with Crippen LogP contribution < -0.4 is 9.46 Å². The van der Waals surface area contributed by atoms with Gasteiger partial charge in [0.05, 0.1) is 17.7 Å². The maximum absolute atomic E-state index is 12.6. The Labute approximate surface area is 163 Å². The number of fused-ring (bicyclic) bond motifs is 1. The molecule has 0 atom stereocenters. The van der Waals surface area contributed by atoms with Gasteiger partial charge in [-0.05, 0) is 29.7 Å². The summed E-state index contributed by atoms with van der Waals surface area (Å²) in [5.41, 5.74) is 2.19. The van der Waals surface area contributed by atoms with Crippen molar-refractivity contribution in [2.24, 2.45) is 0 Å². The molecule has 1 N–H and O–H groups in total. The molecule has 0 saturated carbocycles. The molecule has 0 aliphatic rings. The van der Waals surface area contributed by atoms with Gasteiger partial charge in [0.2, 0.25) is 0 Å². The van der Waals surface area contributed by atoms with Gasteiger partial charge < -0.3 is 4.74 Å². The molecule has 0 aliphatic heterocycles. The van der Waals surface area contributed by atoms with Gasteiger partial charge in [-0.3, -0.25) is 9.71 Å². The Balaban J connectivity index is 1.75. The lowest BCUT2D eigenvalue weighted by molar-refractivity contribution is 0.416. The van der Waals surface area contributed by atoms with E-state index < -0.39 is 10.0 Å². The Morgan fingerprint density at radius 3 is 2.39 bits per heavy atom. The van der Waals surface area contributed by atoms with E-state index in [9.17, 15) is 8.42 Å². The van der Waals surface area contributed by atoms with Crippen LogP contribution in [0.2, 0.25) is 0 Å². The van der Waals surface area contributed by atoms with Gasteiger partial charge in [0.25, 0.3) is 10.0 Å². The van der Waals surface area contributed by atoms with Crippen LogP contribution in [0.15, 0.2) is 90.1 Å². The zero-order chi connectivity index (χ0) is 19.6. The van der Waals surface area contributed by atoms with E-state index in [0.29, 0.717) is 11.4 Å². The van der Waals surface area contributed by atoms with Crippen LogP contribution >= 0.6 is 0 Å². The van der Waals surface area contributed by atoms with Crippen molar-refractivity contribution in [2.45, 2.75) is 4.90 Å². The number of nitrogens with zero attached hydrogens (tertiary/aromatic N) is 1. The first kappa shape index (κ1) is 18.0. The summed E-state index contributed by atoms with van der Waals surface area (Å²) in [5, 5.41) is 2.07. The second kappa shape index (κ2) is 7.32. The van der Waals surface area contributed by atoms with Crippen LogP contribution in [0.5, 0.6) is 5.75 Å². The van der Waals surface area contributed by atoms with Crippen LogP contribution in [0, 0.1) is 0 Å². The number of ether oxygens (including phenoxy) is 1. The number of aromatic nitrogens is 1. The number of benzene rings is 3. The fourth-order valence-corrected chi connectivity index (χ4v) is 4.19. The number of sulfonamides is 1. The van der Waals surface area contributed by atoms with E-state index in [1.165, 1.54) is 0 Å². The summed E-state index contributed by atoms with van der Waals surface area (Å²) in [6.45, 7) is 0. The number of hydrogen-bond acceptors (Lipinski definition) is 4. The van der Waals surface area contributed by atoms with Crippen molar-refractivity contribution in [1.29, 1.82) is 0 Å². The molecule has 140 valence electrons. The number of rotatable bonds is 5. The minimum absolute atomic E-state index is 0.205. The van der Waals surface area contributed by atoms with Gasteiger partial charge in [-0.15, -0.1) is 0 Å². The van der Waals surface area contributed by atoms with Gasteiger partial charge in [-0.1, -0.05) is 42.5 Å². The second-order valence-electron chi connectivity index (χ2n) is 6.24. The maximum atomic E-state index is 12.6. The number of hydrogen-bond donors (Lipinski definition) is 1. The van der Waals surface area contributed by atoms with E-state index in [0.717, 1.165) is 21.9 Å². The van der Waals surface area contributed by atoms with Crippen molar-refractivity contribution >= 4 is 26.5 Å². The zero-order valence-corrected chi connectivity index (χ0v) is 16.0. The smallest absolute Gasteiger partial charge is 0.261 e. The monoisotopic (exact) mass is 390 g/mol. The lowest BCUT2D eigenvalue weighted by Gasteiger charge is -2.14. The molecule has 4 rings (SSSR count). The highest BCUT2D eigenvalue weighted by atomic mass is 32.2. The first-order valence-corrected chi connectivity index (χ1v) is 10.2. The van der Waals surface area contributed by atoms with Crippen molar-refractivity contribution in [1.82, 2.24) is 4.98 Å². The Kier molecular flexibility index (Phi) is 4.71. The van der Waals surface area contributed by atoms with Gasteiger partial charge >= 0.3 is 0 Å². The summed E-state index contributed by atoms with van der Waals surface area (Å²) in [5.74, 6) is 0.561. The van der Waals surface area contributed by atoms with Crippen LogP contribution in [0.25, 0.3) is 21.9 Å². The SMILES string of the molecule is COc1cc(NS(=O)(=O)c2ccccc2)ccc1-c1cncc2ccccc12. The van der Waals surface area contributed by atoms with Crippen molar-refractivity contribution < 1.29 is 13.2 Å². The van der Waals surface area contributed by atoms with Crippen LogP contribution in [0.3, 0.4) is 0 Å². The van der Waals surface area contributed by atoms with Crippen molar-refractivity contribution in [3.05, 3.63) is 85.2 Å². The molecule has 1 aromatic heterocycles. The quantitative estimate of drug-likeness (QED) is 0.536. The Morgan fingerprint density at radius 2 is 1.61 bits per heavy atom. The molecule has 0 saturated heterocycles. The number of methoxy groups -OCH3 is 1. The summed E-state index contributed by atoms with van der Waals surface area (Å²) in [6, 6.07) is 21.5. The Morgan fingerprint density at radius 1 is 0.857 bits per heavy atom. The van der Waals surface area contributed by atoms with Crippen molar-refractivity contribution in [2.75, 3.05) is 11.8 Å². The molecule has 5 nitrogen and oxygen atoms in total. The van der Waals surface area contributed by atoms with E-state index in [2.05, 4.69) is 9.71 Å². The average molecular weight is 390 g/mol. The van der Waals surface area contributed by atoms with Gasteiger partial charge in [0.1, 0.15) is 5.75 Å². The van der Waals surface area contributed by atoms with Gasteiger partial charge in [-0.2, -0.15) is 0 Å². The minimum Gasteiger partial charge on any atom is -0.496 e. The molecule has 0 aliphatic carbocycles. The van der Waals surface area contributed by atoms with Crippen LogP contribution in [0.1, 0.15) is 0 Å². The number of pyridine rings is 1. The molecular formula is C22H18N2O3S. The predicted molar refractivity (Wildman–Crippen MR) is 111 cm³/mol. The van der Waals surface area contributed by atoms with Gasteiger partial charge in [0.15, 0.2) is 0 Å². The van der Waals surface area contributed by atoms with E-state index >= 15 is 0 Å². The molecule has 0 amide bonds. The molecule has 0 radical (unpaired) electrons. The Hall–Kier alpha value is -3.38. The zero-order valence-electron chi connectivity index (χ0n) is 15.2. The van der Waals surface area contributed by atoms with Gasteiger partial charge in [0, 0.05) is 35.0 Å². The van der Waals surface area contributed by atoms with Crippen LogP contribution in [-0.4, -0.2) is 20.5 Å². The minimum atomic E-state index is -3.67. The molecule has 28 heavy (non-hydrogen) atoms. The third-order valence-corrected chi connectivity index (χ3v) is 5.86. The van der Waals surface area contributed by atoms with Crippen molar-refractivity contribution in [3.63, 3.8) is 0 Å². The molecule has 6 heteroatoms. The fraction of sp³-hybridized carbons (Fsp3) is 0.0455. The van der Waals surface area contributed by atoms with E-state index in [1.54, 1.807) is 55.8 Å². The topological polar surface area (TPSA) is 68.3 Å². The largest absolute Gasteiger partial charge is 0.496 e. The number of nitrogens with one attached hydrogen (secondary N) is 1. The third kappa shape index (κ3) is 3.42. The lowest BCUT2D eigenvalue weighted by atomic mass is 10.00. The summed E-state index contributed by atoms with van der Waals surface area (Å²) in [6.07, 6.45) is 3.60. The van der Waals surface area contributed by atoms with E-state index in [-0.39, 0.29) is 4.90 Å². The first-order chi connectivity index (χ1) is 13.6. The van der Waals surface area contributed by atoms with Gasteiger partial charge in [-0.25, -0.2) is 8.42 Å². The molecule has 4 aromatic rings. The molecule has 0 bridgehead atoms. The normalized spacial score (nSPS) is 11.3. The van der Waals surface area contributed by atoms with Crippen LogP contribution in [-0.2, 0) is 10.0 Å². The molecule has 1 heterocycles. The lowest BCUT2D eigenvalue weighted by Crippen LogP contribution is -2.12. The second-order valence-corrected chi connectivity index (χ2v) is 7.92. The summed E-state index contributed by atoms with van der Waals surface area (Å²) in [4.78, 5) is 4.52. The average Bonchev–Trinajstić information content (AvgIpc) is 2.74. The van der Waals surface area contributed by atoms with Crippen molar-refractivity contribution in [3.8, 4) is 16.9 Å². The summed E-state index contributed by atoms with van der Waals surface area (Å²) >= 11 is 0. The summed E-state index contributed by atoms with van der Waals surface area (Å²) in [7, 11) is -2.11. The fourth-order valence-electron chi connectivity index (χ4n) is 3.12. The summed E-state index contributed by atoms with van der Waals surface area (Å²) < 4.78 is 33.3. The predicted octanol–water partition coefficient (Wildman–Crippen LogP) is 4.71. The Bertz CT molecular complexity index is 1230. The molecule has 0 fully saturated rings.